The summed E-state index contributed by atoms with van der Waals surface area (Å²) in [7, 11) is 0. The Balaban J connectivity index is 1.99. The quantitative estimate of drug-likeness (QED) is 0.827. The van der Waals surface area contributed by atoms with Gasteiger partial charge in [0.05, 0.1) is 5.69 Å². The molecule has 1 atom stereocenters. The third kappa shape index (κ3) is 3.18. The highest BCUT2D eigenvalue weighted by Gasteiger charge is 2.20. The molecule has 1 fully saturated rings. The number of halogens is 2. The van der Waals surface area contributed by atoms with Crippen LogP contribution in [0.15, 0.2) is 18.2 Å². The van der Waals surface area contributed by atoms with E-state index >= 15 is 0 Å². The minimum absolute atomic E-state index is 0.246. The van der Waals surface area contributed by atoms with Crippen molar-refractivity contribution in [3.05, 3.63) is 29.8 Å². The fourth-order valence-electron chi connectivity index (χ4n) is 2.60. The normalized spacial score (nSPS) is 19.0. The van der Waals surface area contributed by atoms with Gasteiger partial charge in [-0.15, -0.1) is 0 Å². The topological polar surface area (TPSA) is 12.0 Å². The van der Waals surface area contributed by atoms with E-state index < -0.39 is 11.6 Å². The molecule has 3 heteroatoms. The van der Waals surface area contributed by atoms with Gasteiger partial charge in [-0.1, -0.05) is 19.3 Å². The smallest absolute Gasteiger partial charge is 0.149 e. The van der Waals surface area contributed by atoms with Gasteiger partial charge in [0.1, 0.15) is 11.6 Å². The van der Waals surface area contributed by atoms with E-state index in [0.29, 0.717) is 11.6 Å². The molecule has 2 rings (SSSR count). The highest BCUT2D eigenvalue weighted by atomic mass is 19.1. The number of nitrogens with one attached hydrogen (secondary N) is 1. The number of anilines is 1. The van der Waals surface area contributed by atoms with Crippen molar-refractivity contribution >= 4 is 5.69 Å². The molecule has 0 heterocycles. The Hall–Kier alpha value is -1.12. The van der Waals surface area contributed by atoms with E-state index in [2.05, 4.69) is 12.2 Å². The molecule has 1 unspecified atom stereocenters. The van der Waals surface area contributed by atoms with E-state index in [1.807, 2.05) is 0 Å². The van der Waals surface area contributed by atoms with Crippen LogP contribution in [0.5, 0.6) is 0 Å². The summed E-state index contributed by atoms with van der Waals surface area (Å²) in [5.74, 6) is -0.431. The Labute approximate surface area is 101 Å². The van der Waals surface area contributed by atoms with Crippen LogP contribution in [0.2, 0.25) is 0 Å². The number of hydrogen-bond donors (Lipinski definition) is 1. The third-order valence-electron chi connectivity index (χ3n) is 3.67. The fourth-order valence-corrected chi connectivity index (χ4v) is 2.60. The Morgan fingerprint density at radius 1 is 1.18 bits per heavy atom. The van der Waals surface area contributed by atoms with E-state index in [-0.39, 0.29) is 6.04 Å². The van der Waals surface area contributed by atoms with Crippen LogP contribution >= 0.6 is 0 Å². The molecule has 17 heavy (non-hydrogen) atoms. The molecule has 0 spiro atoms. The molecule has 0 aliphatic heterocycles. The molecule has 1 nitrogen and oxygen atoms in total. The Kier molecular flexibility index (Phi) is 3.97. The van der Waals surface area contributed by atoms with E-state index in [1.54, 1.807) is 0 Å². The van der Waals surface area contributed by atoms with Crippen molar-refractivity contribution in [3.8, 4) is 0 Å². The lowest BCUT2D eigenvalue weighted by atomic mass is 9.84. The second kappa shape index (κ2) is 5.48. The van der Waals surface area contributed by atoms with Crippen molar-refractivity contribution in [2.24, 2.45) is 5.92 Å². The van der Waals surface area contributed by atoms with Crippen LogP contribution in [0.1, 0.15) is 39.0 Å². The van der Waals surface area contributed by atoms with Gasteiger partial charge < -0.3 is 5.32 Å². The lowest BCUT2D eigenvalue weighted by molar-refractivity contribution is 0.328. The monoisotopic (exact) mass is 239 g/mol. The molecule has 0 aromatic heterocycles. The van der Waals surface area contributed by atoms with Gasteiger partial charge in [0, 0.05) is 12.1 Å². The fraction of sp³-hybridized carbons (Fsp3) is 0.571. The zero-order valence-electron chi connectivity index (χ0n) is 10.2. The Morgan fingerprint density at radius 2 is 1.88 bits per heavy atom. The minimum Gasteiger partial charge on any atom is -0.380 e. The second-order valence-electron chi connectivity index (χ2n) is 4.96. The highest BCUT2D eigenvalue weighted by Crippen LogP contribution is 2.28. The van der Waals surface area contributed by atoms with Gasteiger partial charge in [-0.05, 0) is 37.8 Å². The van der Waals surface area contributed by atoms with Gasteiger partial charge in [-0.25, -0.2) is 8.78 Å². The Bertz CT molecular complexity index is 372. The summed E-state index contributed by atoms with van der Waals surface area (Å²) in [5.41, 5.74) is 0.407. The number of benzene rings is 1. The summed E-state index contributed by atoms with van der Waals surface area (Å²) >= 11 is 0. The zero-order chi connectivity index (χ0) is 12.3. The molecule has 1 aromatic carbocycles. The summed E-state index contributed by atoms with van der Waals surface area (Å²) in [5, 5.41) is 3.17. The zero-order valence-corrected chi connectivity index (χ0v) is 10.2. The van der Waals surface area contributed by atoms with E-state index in [0.717, 1.165) is 6.07 Å². The van der Waals surface area contributed by atoms with Gasteiger partial charge in [-0.3, -0.25) is 0 Å². The predicted octanol–water partition coefficient (Wildman–Crippen LogP) is 4.35. The molecule has 1 aliphatic carbocycles. The average Bonchev–Trinajstić information content (AvgIpc) is 2.34. The summed E-state index contributed by atoms with van der Waals surface area (Å²) in [6, 6.07) is 3.94. The predicted molar refractivity (Wildman–Crippen MR) is 66.0 cm³/mol. The molecule has 1 aromatic rings. The van der Waals surface area contributed by atoms with Crippen LogP contribution in [0.25, 0.3) is 0 Å². The van der Waals surface area contributed by atoms with E-state index in [4.69, 9.17) is 0 Å². The number of hydrogen-bond acceptors (Lipinski definition) is 1. The first kappa shape index (κ1) is 12.3. The van der Waals surface area contributed by atoms with Gasteiger partial charge in [0.2, 0.25) is 0 Å². The summed E-state index contributed by atoms with van der Waals surface area (Å²) in [4.78, 5) is 0. The largest absolute Gasteiger partial charge is 0.380 e. The first-order valence-corrected chi connectivity index (χ1v) is 6.38. The van der Waals surface area contributed by atoms with Crippen LogP contribution in [0, 0.1) is 17.6 Å². The lowest BCUT2D eigenvalue weighted by Crippen LogP contribution is -2.28. The lowest BCUT2D eigenvalue weighted by Gasteiger charge is -2.29. The first-order valence-electron chi connectivity index (χ1n) is 6.38. The standard InChI is InChI=1S/C14H19F2N/c1-10(11-5-3-2-4-6-11)17-14-8-7-12(15)9-13(14)16/h7-11,17H,2-6H2,1H3. The second-order valence-corrected chi connectivity index (χ2v) is 4.96. The molecule has 0 amide bonds. The molecule has 0 saturated heterocycles. The van der Waals surface area contributed by atoms with Crippen LogP contribution in [-0.4, -0.2) is 6.04 Å². The Morgan fingerprint density at radius 3 is 2.53 bits per heavy atom. The molecular formula is C14H19F2N. The van der Waals surface area contributed by atoms with Crippen molar-refractivity contribution in [2.45, 2.75) is 45.1 Å². The van der Waals surface area contributed by atoms with Crippen LogP contribution in [0.4, 0.5) is 14.5 Å². The highest BCUT2D eigenvalue weighted by molar-refractivity contribution is 5.45. The SMILES string of the molecule is CC(Nc1ccc(F)cc1F)C1CCCCC1. The van der Waals surface area contributed by atoms with Gasteiger partial charge >= 0.3 is 0 Å². The maximum absolute atomic E-state index is 13.5. The van der Waals surface area contributed by atoms with Crippen molar-refractivity contribution in [1.29, 1.82) is 0 Å². The first-order chi connectivity index (χ1) is 8.16. The van der Waals surface area contributed by atoms with Crippen molar-refractivity contribution < 1.29 is 8.78 Å². The summed E-state index contributed by atoms with van der Waals surface area (Å²) in [6.45, 7) is 2.08. The molecule has 94 valence electrons. The molecule has 1 saturated carbocycles. The molecule has 0 radical (unpaired) electrons. The van der Waals surface area contributed by atoms with Crippen LogP contribution < -0.4 is 5.32 Å². The van der Waals surface area contributed by atoms with Crippen LogP contribution in [0.3, 0.4) is 0 Å². The summed E-state index contributed by atoms with van der Waals surface area (Å²) < 4.78 is 26.2. The minimum atomic E-state index is -0.529. The third-order valence-corrected chi connectivity index (χ3v) is 3.67. The van der Waals surface area contributed by atoms with Crippen molar-refractivity contribution in [2.75, 3.05) is 5.32 Å². The van der Waals surface area contributed by atoms with Gasteiger partial charge in [0.15, 0.2) is 0 Å². The summed E-state index contributed by atoms with van der Waals surface area (Å²) in [6.07, 6.45) is 6.26. The molecular weight excluding hydrogens is 220 g/mol. The molecule has 1 N–H and O–H groups in total. The molecule has 0 bridgehead atoms. The van der Waals surface area contributed by atoms with Crippen LogP contribution in [-0.2, 0) is 0 Å². The average molecular weight is 239 g/mol. The van der Waals surface area contributed by atoms with Gasteiger partial charge in [0.25, 0.3) is 0 Å². The number of rotatable bonds is 3. The van der Waals surface area contributed by atoms with E-state index in [1.165, 1.54) is 44.2 Å². The maximum Gasteiger partial charge on any atom is 0.149 e. The van der Waals surface area contributed by atoms with Gasteiger partial charge in [-0.2, -0.15) is 0 Å². The van der Waals surface area contributed by atoms with Crippen molar-refractivity contribution in [1.82, 2.24) is 0 Å². The van der Waals surface area contributed by atoms with E-state index in [9.17, 15) is 8.78 Å². The maximum atomic E-state index is 13.5. The molecule has 1 aliphatic rings. The van der Waals surface area contributed by atoms with Crippen molar-refractivity contribution in [3.63, 3.8) is 0 Å².